The molecule has 0 saturated carbocycles. The van der Waals surface area contributed by atoms with E-state index in [0.717, 1.165) is 15.7 Å². The minimum atomic E-state index is 0.223. The van der Waals surface area contributed by atoms with Gasteiger partial charge < -0.3 is 19.5 Å². The molecule has 110 valence electrons. The molecule has 21 heavy (non-hydrogen) atoms. The van der Waals surface area contributed by atoms with Gasteiger partial charge in [-0.3, -0.25) is 0 Å². The second-order valence-corrected chi connectivity index (χ2v) is 5.83. The van der Waals surface area contributed by atoms with Crippen molar-refractivity contribution in [1.29, 1.82) is 0 Å². The number of anilines is 1. The molecular formula is C15H13BrClNO3. The molecule has 2 aromatic carbocycles. The van der Waals surface area contributed by atoms with Crippen LogP contribution >= 0.6 is 27.5 Å². The van der Waals surface area contributed by atoms with Crippen molar-refractivity contribution in [2.75, 3.05) is 19.2 Å². The number of hydrogen-bond acceptors (Lipinski definition) is 4. The fourth-order valence-corrected chi connectivity index (χ4v) is 2.86. The summed E-state index contributed by atoms with van der Waals surface area (Å²) in [4.78, 5) is 0. The van der Waals surface area contributed by atoms with Crippen molar-refractivity contribution < 1.29 is 14.2 Å². The van der Waals surface area contributed by atoms with Crippen molar-refractivity contribution in [2.24, 2.45) is 0 Å². The van der Waals surface area contributed by atoms with Crippen LogP contribution < -0.4 is 19.5 Å². The van der Waals surface area contributed by atoms with Gasteiger partial charge in [-0.2, -0.15) is 0 Å². The number of ether oxygens (including phenoxy) is 3. The van der Waals surface area contributed by atoms with E-state index in [1.54, 1.807) is 7.11 Å². The van der Waals surface area contributed by atoms with Crippen LogP contribution in [0.5, 0.6) is 17.2 Å². The lowest BCUT2D eigenvalue weighted by Crippen LogP contribution is -2.00. The summed E-state index contributed by atoms with van der Waals surface area (Å²) in [6, 6.07) is 9.58. The van der Waals surface area contributed by atoms with E-state index in [0.29, 0.717) is 28.8 Å². The van der Waals surface area contributed by atoms with Gasteiger partial charge in [-0.05, 0) is 35.9 Å². The molecule has 6 heteroatoms. The van der Waals surface area contributed by atoms with Crippen molar-refractivity contribution in [3.8, 4) is 17.2 Å². The topological polar surface area (TPSA) is 39.7 Å². The van der Waals surface area contributed by atoms with Crippen LogP contribution in [0.3, 0.4) is 0 Å². The zero-order chi connectivity index (χ0) is 14.8. The fourth-order valence-electron chi connectivity index (χ4n) is 2.12. The van der Waals surface area contributed by atoms with E-state index < -0.39 is 0 Å². The SMILES string of the molecule is COc1cc(CNc2ccc(Br)cc2Cl)cc2c1OCO2. The van der Waals surface area contributed by atoms with Gasteiger partial charge in [-0.1, -0.05) is 27.5 Å². The predicted octanol–water partition coefficient (Wildman–Crippen LogP) is 4.45. The van der Waals surface area contributed by atoms with E-state index in [2.05, 4.69) is 21.2 Å². The van der Waals surface area contributed by atoms with E-state index in [1.165, 1.54) is 0 Å². The third kappa shape index (κ3) is 3.04. The first-order valence-corrected chi connectivity index (χ1v) is 7.50. The minimum absolute atomic E-state index is 0.223. The van der Waals surface area contributed by atoms with Gasteiger partial charge in [0, 0.05) is 11.0 Å². The standard InChI is InChI=1S/C15H13BrClNO3/c1-19-13-4-9(5-14-15(13)21-8-20-14)7-18-12-3-2-10(16)6-11(12)17/h2-6,18H,7-8H2,1H3. The second kappa shape index (κ2) is 6.03. The van der Waals surface area contributed by atoms with Gasteiger partial charge in [0.05, 0.1) is 17.8 Å². The van der Waals surface area contributed by atoms with E-state index in [9.17, 15) is 0 Å². The van der Waals surface area contributed by atoms with E-state index >= 15 is 0 Å². The molecule has 1 N–H and O–H groups in total. The number of benzene rings is 2. The van der Waals surface area contributed by atoms with Crippen molar-refractivity contribution in [2.45, 2.75) is 6.54 Å². The summed E-state index contributed by atoms with van der Waals surface area (Å²) in [6.07, 6.45) is 0. The molecule has 1 heterocycles. The first-order valence-electron chi connectivity index (χ1n) is 6.33. The molecule has 0 radical (unpaired) electrons. The van der Waals surface area contributed by atoms with Crippen LogP contribution in [0.2, 0.25) is 5.02 Å². The molecule has 4 nitrogen and oxygen atoms in total. The number of methoxy groups -OCH3 is 1. The molecule has 0 fully saturated rings. The highest BCUT2D eigenvalue weighted by molar-refractivity contribution is 9.10. The monoisotopic (exact) mass is 369 g/mol. The second-order valence-electron chi connectivity index (χ2n) is 4.51. The van der Waals surface area contributed by atoms with Gasteiger partial charge in [-0.15, -0.1) is 0 Å². The number of fused-ring (bicyclic) bond motifs is 1. The molecule has 0 bridgehead atoms. The maximum atomic E-state index is 6.19. The molecule has 0 aliphatic carbocycles. The molecule has 3 rings (SSSR count). The molecule has 1 aliphatic rings. The molecule has 0 aromatic heterocycles. The highest BCUT2D eigenvalue weighted by atomic mass is 79.9. The summed E-state index contributed by atoms with van der Waals surface area (Å²) < 4.78 is 17.1. The van der Waals surface area contributed by atoms with Crippen LogP contribution in [0, 0.1) is 0 Å². The molecule has 2 aromatic rings. The quantitative estimate of drug-likeness (QED) is 0.863. The lowest BCUT2D eigenvalue weighted by molar-refractivity contribution is 0.171. The molecule has 1 aliphatic heterocycles. The summed E-state index contributed by atoms with van der Waals surface area (Å²) in [5.41, 5.74) is 1.89. The van der Waals surface area contributed by atoms with Crippen molar-refractivity contribution in [3.05, 3.63) is 45.4 Å². The Labute approximate surface area is 136 Å². The van der Waals surface area contributed by atoms with E-state index in [4.69, 9.17) is 25.8 Å². The third-order valence-corrected chi connectivity index (χ3v) is 3.94. The van der Waals surface area contributed by atoms with Crippen LogP contribution in [-0.2, 0) is 6.54 Å². The smallest absolute Gasteiger partial charge is 0.231 e. The van der Waals surface area contributed by atoms with Crippen LogP contribution in [0.1, 0.15) is 5.56 Å². The Hall–Kier alpha value is -1.59. The molecule has 0 amide bonds. The summed E-state index contributed by atoms with van der Waals surface area (Å²) in [7, 11) is 1.61. The number of rotatable bonds is 4. The number of hydrogen-bond donors (Lipinski definition) is 1. The highest BCUT2D eigenvalue weighted by Crippen LogP contribution is 2.42. The van der Waals surface area contributed by atoms with Crippen molar-refractivity contribution in [1.82, 2.24) is 0 Å². The van der Waals surface area contributed by atoms with Gasteiger partial charge in [-0.25, -0.2) is 0 Å². The van der Waals surface area contributed by atoms with Crippen LogP contribution in [0.25, 0.3) is 0 Å². The van der Waals surface area contributed by atoms with Gasteiger partial charge >= 0.3 is 0 Å². The Balaban J connectivity index is 1.79. The lowest BCUT2D eigenvalue weighted by Gasteiger charge is -2.11. The van der Waals surface area contributed by atoms with E-state index in [1.807, 2.05) is 30.3 Å². The average molecular weight is 371 g/mol. The minimum Gasteiger partial charge on any atom is -0.493 e. The highest BCUT2D eigenvalue weighted by Gasteiger charge is 2.19. The number of halogens is 2. The van der Waals surface area contributed by atoms with Crippen LogP contribution in [0.4, 0.5) is 5.69 Å². The zero-order valence-electron chi connectivity index (χ0n) is 11.3. The summed E-state index contributed by atoms with van der Waals surface area (Å²) in [5, 5.41) is 3.96. The maximum absolute atomic E-state index is 6.19. The van der Waals surface area contributed by atoms with Gasteiger partial charge in [0.25, 0.3) is 0 Å². The maximum Gasteiger partial charge on any atom is 0.231 e. The Morgan fingerprint density at radius 2 is 2.14 bits per heavy atom. The molecule has 0 unspecified atom stereocenters. The Kier molecular flexibility index (Phi) is 4.12. The third-order valence-electron chi connectivity index (χ3n) is 3.13. The Bertz CT molecular complexity index is 678. The van der Waals surface area contributed by atoms with Gasteiger partial charge in [0.2, 0.25) is 12.5 Å². The summed E-state index contributed by atoms with van der Waals surface area (Å²) in [6.45, 7) is 0.829. The number of nitrogens with one attached hydrogen (secondary N) is 1. The first kappa shape index (κ1) is 14.4. The van der Waals surface area contributed by atoms with Gasteiger partial charge in [0.15, 0.2) is 11.5 Å². The Morgan fingerprint density at radius 1 is 1.29 bits per heavy atom. The molecular weight excluding hydrogens is 358 g/mol. The zero-order valence-corrected chi connectivity index (χ0v) is 13.6. The van der Waals surface area contributed by atoms with Crippen molar-refractivity contribution >= 4 is 33.2 Å². The van der Waals surface area contributed by atoms with Crippen molar-refractivity contribution in [3.63, 3.8) is 0 Å². The summed E-state index contributed by atoms with van der Waals surface area (Å²) >= 11 is 9.57. The Morgan fingerprint density at radius 3 is 2.90 bits per heavy atom. The first-order chi connectivity index (χ1) is 10.2. The molecule has 0 atom stereocenters. The predicted molar refractivity (Wildman–Crippen MR) is 85.6 cm³/mol. The summed E-state index contributed by atoms with van der Waals surface area (Å²) in [5.74, 6) is 2.03. The molecule has 0 saturated heterocycles. The van der Waals surface area contributed by atoms with Crippen LogP contribution in [-0.4, -0.2) is 13.9 Å². The average Bonchev–Trinajstić information content (AvgIpc) is 2.93. The van der Waals surface area contributed by atoms with Crippen LogP contribution in [0.15, 0.2) is 34.8 Å². The fraction of sp³-hybridized carbons (Fsp3) is 0.200. The molecule has 0 spiro atoms. The largest absolute Gasteiger partial charge is 0.493 e. The lowest BCUT2D eigenvalue weighted by atomic mass is 10.1. The normalized spacial score (nSPS) is 12.3. The van der Waals surface area contributed by atoms with Gasteiger partial charge in [0.1, 0.15) is 0 Å². The van der Waals surface area contributed by atoms with E-state index in [-0.39, 0.29) is 6.79 Å².